The fraction of sp³-hybridized carbons (Fsp3) is 0.684. The summed E-state index contributed by atoms with van der Waals surface area (Å²) in [5, 5.41) is 2.04. The summed E-state index contributed by atoms with van der Waals surface area (Å²) in [6, 6.07) is 0. The van der Waals surface area contributed by atoms with Gasteiger partial charge in [0.1, 0.15) is 0 Å². The van der Waals surface area contributed by atoms with Crippen molar-refractivity contribution in [2.75, 3.05) is 32.8 Å². The van der Waals surface area contributed by atoms with Crippen LogP contribution in [-0.4, -0.2) is 64.0 Å². The van der Waals surface area contributed by atoms with Crippen LogP contribution in [-0.2, 0) is 11.3 Å². The van der Waals surface area contributed by atoms with Crippen LogP contribution in [0.15, 0.2) is 11.6 Å². The lowest BCUT2D eigenvalue weighted by Crippen LogP contribution is -2.34. The molecule has 2 aliphatic rings. The second kappa shape index (κ2) is 8.06. The van der Waals surface area contributed by atoms with Crippen molar-refractivity contribution >= 4 is 22.2 Å². The second-order valence-corrected chi connectivity index (χ2v) is 8.21. The van der Waals surface area contributed by atoms with Crippen LogP contribution in [0.25, 0.3) is 4.96 Å². The molecule has 4 rings (SSSR count). The molecule has 26 heavy (non-hydrogen) atoms. The predicted octanol–water partition coefficient (Wildman–Crippen LogP) is 3.02. The number of rotatable bonds is 7. The lowest BCUT2D eigenvalue weighted by atomic mass is 10.2. The summed E-state index contributed by atoms with van der Waals surface area (Å²) in [5.41, 5.74) is 1.68. The molecule has 2 aromatic rings. The molecule has 2 saturated heterocycles. The van der Waals surface area contributed by atoms with E-state index in [1.165, 1.54) is 0 Å². The molecule has 0 saturated carbocycles. The maximum atomic E-state index is 13.0. The minimum atomic E-state index is 0.0990. The van der Waals surface area contributed by atoms with E-state index < -0.39 is 0 Å². The number of hydrogen-bond acceptors (Lipinski definition) is 5. The number of hydrogen-bond donors (Lipinski definition) is 0. The van der Waals surface area contributed by atoms with E-state index >= 15 is 0 Å². The molecule has 0 aromatic carbocycles. The summed E-state index contributed by atoms with van der Waals surface area (Å²) in [7, 11) is 0. The zero-order chi connectivity index (χ0) is 17.9. The number of nitrogens with zero attached hydrogens (tertiary/aromatic N) is 4. The fourth-order valence-electron chi connectivity index (χ4n) is 4.06. The molecule has 1 amide bonds. The van der Waals surface area contributed by atoms with Gasteiger partial charge in [0.2, 0.25) is 0 Å². The molecule has 7 heteroatoms. The molecule has 0 spiro atoms. The summed E-state index contributed by atoms with van der Waals surface area (Å²) in [6.45, 7) is 7.49. The van der Waals surface area contributed by atoms with Gasteiger partial charge in [-0.3, -0.25) is 14.1 Å². The molecule has 142 valence electrons. The molecule has 4 heterocycles. The third-order valence-electron chi connectivity index (χ3n) is 5.36. The van der Waals surface area contributed by atoms with Crippen molar-refractivity contribution in [2.24, 2.45) is 0 Å². The number of aromatic nitrogens is 2. The number of thiazole rings is 1. The summed E-state index contributed by atoms with van der Waals surface area (Å²) in [4.78, 5) is 23.0. The molecular weight excluding hydrogens is 348 g/mol. The molecular formula is C19H28N4O2S. The first-order valence-corrected chi connectivity index (χ1v) is 10.7. The van der Waals surface area contributed by atoms with E-state index in [1.807, 2.05) is 16.5 Å². The summed E-state index contributed by atoms with van der Waals surface area (Å²) in [6.07, 6.45) is 7.96. The Bertz CT molecular complexity index is 744. The third kappa shape index (κ3) is 3.66. The predicted molar refractivity (Wildman–Crippen MR) is 103 cm³/mol. The Balaban J connectivity index is 1.59. The minimum absolute atomic E-state index is 0.0990. The Kier molecular flexibility index (Phi) is 5.57. The molecule has 0 unspecified atom stereocenters. The first-order chi connectivity index (χ1) is 12.8. The fourth-order valence-corrected chi connectivity index (χ4v) is 4.80. The van der Waals surface area contributed by atoms with E-state index in [2.05, 4.69) is 16.2 Å². The first-order valence-electron chi connectivity index (χ1n) is 9.84. The van der Waals surface area contributed by atoms with Crippen LogP contribution < -0.4 is 0 Å². The maximum absolute atomic E-state index is 13.0. The van der Waals surface area contributed by atoms with E-state index in [-0.39, 0.29) is 5.91 Å². The van der Waals surface area contributed by atoms with Gasteiger partial charge in [-0.2, -0.15) is 0 Å². The highest BCUT2D eigenvalue weighted by atomic mass is 32.1. The Labute approximate surface area is 158 Å². The number of imidazole rings is 1. The van der Waals surface area contributed by atoms with Crippen LogP contribution in [0.5, 0.6) is 0 Å². The molecule has 0 bridgehead atoms. The Morgan fingerprint density at radius 3 is 2.96 bits per heavy atom. The first kappa shape index (κ1) is 17.9. The smallest absolute Gasteiger partial charge is 0.274 e. The van der Waals surface area contributed by atoms with Gasteiger partial charge >= 0.3 is 0 Å². The van der Waals surface area contributed by atoms with Crippen molar-refractivity contribution < 1.29 is 9.53 Å². The largest absolute Gasteiger partial charge is 0.377 e. The molecule has 6 nitrogen and oxygen atoms in total. The lowest BCUT2D eigenvalue weighted by molar-refractivity contribution is 0.0694. The highest BCUT2D eigenvalue weighted by Gasteiger charge is 2.28. The number of likely N-dealkylation sites (tertiary alicyclic amines) is 1. The van der Waals surface area contributed by atoms with Gasteiger partial charge in [0.15, 0.2) is 10.7 Å². The average Bonchev–Trinajstić information content (AvgIpc) is 3.41. The number of fused-ring (bicyclic) bond motifs is 1. The van der Waals surface area contributed by atoms with E-state index in [4.69, 9.17) is 9.72 Å². The average molecular weight is 377 g/mol. The van der Waals surface area contributed by atoms with Gasteiger partial charge in [0.25, 0.3) is 5.91 Å². The summed E-state index contributed by atoms with van der Waals surface area (Å²) in [5.74, 6) is 0.0990. The monoisotopic (exact) mass is 376 g/mol. The van der Waals surface area contributed by atoms with Crippen LogP contribution in [0.3, 0.4) is 0 Å². The normalized spacial score (nSPS) is 20.7. The van der Waals surface area contributed by atoms with Gasteiger partial charge in [-0.1, -0.05) is 6.92 Å². The number of amides is 1. The SMILES string of the molecule is CCCN(Cc1c(C(=O)N2CCCC2)nc2sccn12)C[C@H]1CCCO1. The molecule has 0 N–H and O–H groups in total. The quantitative estimate of drug-likeness (QED) is 0.745. The van der Waals surface area contributed by atoms with Crippen molar-refractivity contribution in [1.82, 2.24) is 19.2 Å². The van der Waals surface area contributed by atoms with Gasteiger partial charge in [0, 0.05) is 44.4 Å². The highest BCUT2D eigenvalue weighted by Crippen LogP contribution is 2.23. The van der Waals surface area contributed by atoms with Crippen molar-refractivity contribution in [3.05, 3.63) is 23.0 Å². The van der Waals surface area contributed by atoms with Crippen LogP contribution in [0, 0.1) is 0 Å². The molecule has 2 aromatic heterocycles. The van der Waals surface area contributed by atoms with Crippen LogP contribution in [0.2, 0.25) is 0 Å². The Morgan fingerprint density at radius 2 is 2.23 bits per heavy atom. The van der Waals surface area contributed by atoms with Gasteiger partial charge in [-0.25, -0.2) is 4.98 Å². The van der Waals surface area contributed by atoms with Gasteiger partial charge in [-0.15, -0.1) is 11.3 Å². The standard InChI is InChI=1S/C19H28N4O2S/c1-2-7-21(13-15-6-5-11-25-15)14-16-17(18(24)22-8-3-4-9-22)20-19-23(16)10-12-26-19/h10,12,15H,2-9,11,13-14H2,1H3/t15-/m1/s1. The van der Waals surface area contributed by atoms with E-state index in [9.17, 15) is 4.79 Å². The topological polar surface area (TPSA) is 50.1 Å². The third-order valence-corrected chi connectivity index (χ3v) is 6.11. The van der Waals surface area contributed by atoms with E-state index in [0.717, 1.165) is 82.1 Å². The molecule has 2 fully saturated rings. The summed E-state index contributed by atoms with van der Waals surface area (Å²) >= 11 is 1.59. The number of carbonyl (C=O) groups excluding carboxylic acids is 1. The molecule has 0 radical (unpaired) electrons. The van der Waals surface area contributed by atoms with Crippen LogP contribution in [0.4, 0.5) is 0 Å². The van der Waals surface area contributed by atoms with Crippen molar-refractivity contribution in [2.45, 2.75) is 51.7 Å². The lowest BCUT2D eigenvalue weighted by Gasteiger charge is -2.25. The van der Waals surface area contributed by atoms with Gasteiger partial charge < -0.3 is 9.64 Å². The molecule has 2 aliphatic heterocycles. The Hall–Kier alpha value is -1.44. The van der Waals surface area contributed by atoms with Gasteiger partial charge in [0.05, 0.1) is 11.8 Å². The maximum Gasteiger partial charge on any atom is 0.274 e. The molecule has 0 aliphatic carbocycles. The Morgan fingerprint density at radius 1 is 1.38 bits per heavy atom. The van der Waals surface area contributed by atoms with Crippen molar-refractivity contribution in [1.29, 1.82) is 0 Å². The zero-order valence-electron chi connectivity index (χ0n) is 15.5. The van der Waals surface area contributed by atoms with Gasteiger partial charge in [-0.05, 0) is 38.6 Å². The van der Waals surface area contributed by atoms with Crippen LogP contribution >= 0.6 is 11.3 Å². The molecule has 1 atom stereocenters. The minimum Gasteiger partial charge on any atom is -0.377 e. The number of carbonyl (C=O) groups is 1. The number of ether oxygens (including phenoxy) is 1. The van der Waals surface area contributed by atoms with Crippen molar-refractivity contribution in [3.63, 3.8) is 0 Å². The van der Waals surface area contributed by atoms with Crippen LogP contribution in [0.1, 0.15) is 55.2 Å². The zero-order valence-corrected chi connectivity index (χ0v) is 16.3. The van der Waals surface area contributed by atoms with E-state index in [0.29, 0.717) is 11.8 Å². The summed E-state index contributed by atoms with van der Waals surface area (Å²) < 4.78 is 7.95. The highest BCUT2D eigenvalue weighted by molar-refractivity contribution is 7.15. The second-order valence-electron chi connectivity index (χ2n) is 7.33. The van der Waals surface area contributed by atoms with Crippen molar-refractivity contribution in [3.8, 4) is 0 Å². The van der Waals surface area contributed by atoms with E-state index in [1.54, 1.807) is 11.3 Å².